The standard InChI is InChI=1S/C29H28FNO3/c1-19-25-18-23(33)10-12-27(25)34-29(28(19)21-7-4-8-22(32)17-21)24-11-9-20(16-26(24)30)6-5-15-31-13-2-3-14-31/h4-12,16-18,29,32-33H,2-3,13-15H2,1H3/b6-5-. The molecule has 2 N–H and O–H groups in total. The highest BCUT2D eigenvalue weighted by Gasteiger charge is 2.31. The summed E-state index contributed by atoms with van der Waals surface area (Å²) in [6.07, 6.45) is 5.84. The Kier molecular flexibility index (Phi) is 6.12. The number of halogens is 1. The van der Waals surface area contributed by atoms with Gasteiger partial charge in [0.25, 0.3) is 0 Å². The highest BCUT2D eigenvalue weighted by Crippen LogP contribution is 2.48. The molecule has 5 rings (SSSR count). The largest absolute Gasteiger partial charge is 0.508 e. The van der Waals surface area contributed by atoms with E-state index in [0.29, 0.717) is 11.3 Å². The lowest BCUT2D eigenvalue weighted by Gasteiger charge is -2.31. The number of hydrogen-bond donors (Lipinski definition) is 2. The summed E-state index contributed by atoms with van der Waals surface area (Å²) in [7, 11) is 0. The van der Waals surface area contributed by atoms with Crippen molar-refractivity contribution in [1.82, 2.24) is 4.90 Å². The molecule has 0 radical (unpaired) electrons. The van der Waals surface area contributed by atoms with E-state index in [1.54, 1.807) is 48.5 Å². The number of fused-ring (bicyclic) bond motifs is 1. The molecule has 4 nitrogen and oxygen atoms in total. The average molecular weight is 458 g/mol. The van der Waals surface area contributed by atoms with Crippen molar-refractivity contribution in [2.75, 3.05) is 19.6 Å². The number of likely N-dealkylation sites (tertiary alicyclic amines) is 1. The second kappa shape index (κ2) is 9.35. The first-order valence-corrected chi connectivity index (χ1v) is 11.7. The Hall–Kier alpha value is -3.57. The van der Waals surface area contributed by atoms with Crippen LogP contribution in [0.4, 0.5) is 4.39 Å². The van der Waals surface area contributed by atoms with E-state index in [-0.39, 0.29) is 17.3 Å². The zero-order chi connectivity index (χ0) is 23.7. The van der Waals surface area contributed by atoms with Gasteiger partial charge in [-0.1, -0.05) is 36.4 Å². The quantitative estimate of drug-likeness (QED) is 0.465. The summed E-state index contributed by atoms with van der Waals surface area (Å²) in [5.41, 5.74) is 4.34. The fourth-order valence-electron chi connectivity index (χ4n) is 4.86. The van der Waals surface area contributed by atoms with Crippen LogP contribution in [-0.2, 0) is 0 Å². The average Bonchev–Trinajstić information content (AvgIpc) is 3.33. The molecule has 0 saturated carbocycles. The molecule has 1 saturated heterocycles. The Balaban J connectivity index is 1.52. The molecule has 174 valence electrons. The van der Waals surface area contributed by atoms with Crippen molar-refractivity contribution in [3.05, 3.63) is 94.8 Å². The zero-order valence-corrected chi connectivity index (χ0v) is 19.2. The van der Waals surface area contributed by atoms with Crippen LogP contribution in [0.1, 0.15) is 48.1 Å². The molecule has 1 fully saturated rings. The van der Waals surface area contributed by atoms with Crippen molar-refractivity contribution in [2.45, 2.75) is 25.9 Å². The highest BCUT2D eigenvalue weighted by molar-refractivity contribution is 5.96. The Morgan fingerprint density at radius 3 is 2.56 bits per heavy atom. The molecule has 2 aliphatic rings. The minimum atomic E-state index is -0.693. The summed E-state index contributed by atoms with van der Waals surface area (Å²) in [4.78, 5) is 2.39. The summed E-state index contributed by atoms with van der Waals surface area (Å²) in [6, 6.07) is 17.0. The minimum Gasteiger partial charge on any atom is -0.508 e. The van der Waals surface area contributed by atoms with E-state index in [2.05, 4.69) is 11.0 Å². The van der Waals surface area contributed by atoms with Crippen LogP contribution >= 0.6 is 0 Å². The van der Waals surface area contributed by atoms with Gasteiger partial charge in [0.05, 0.1) is 0 Å². The summed E-state index contributed by atoms with van der Waals surface area (Å²) < 4.78 is 21.8. The highest BCUT2D eigenvalue weighted by atomic mass is 19.1. The summed E-state index contributed by atoms with van der Waals surface area (Å²) in [5.74, 6) is 0.489. The fourth-order valence-corrected chi connectivity index (χ4v) is 4.86. The second-order valence-electron chi connectivity index (χ2n) is 8.96. The van der Waals surface area contributed by atoms with E-state index in [9.17, 15) is 10.2 Å². The van der Waals surface area contributed by atoms with Gasteiger partial charge < -0.3 is 14.9 Å². The second-order valence-corrected chi connectivity index (χ2v) is 8.96. The minimum absolute atomic E-state index is 0.122. The van der Waals surface area contributed by atoms with Crippen molar-refractivity contribution in [1.29, 1.82) is 0 Å². The fraction of sp³-hybridized carbons (Fsp3) is 0.241. The number of rotatable bonds is 5. The van der Waals surface area contributed by atoms with Crippen molar-refractivity contribution in [3.8, 4) is 17.2 Å². The van der Waals surface area contributed by atoms with E-state index in [1.165, 1.54) is 12.8 Å². The van der Waals surface area contributed by atoms with E-state index >= 15 is 4.39 Å². The zero-order valence-electron chi connectivity index (χ0n) is 19.2. The Morgan fingerprint density at radius 2 is 1.79 bits per heavy atom. The molecule has 1 unspecified atom stereocenters. The lowest BCUT2D eigenvalue weighted by atomic mass is 9.85. The number of allylic oxidation sites excluding steroid dienone is 1. The van der Waals surface area contributed by atoms with Gasteiger partial charge in [-0.2, -0.15) is 0 Å². The van der Waals surface area contributed by atoms with E-state index in [1.807, 2.05) is 25.1 Å². The van der Waals surface area contributed by atoms with Crippen LogP contribution in [0, 0.1) is 5.82 Å². The van der Waals surface area contributed by atoms with Gasteiger partial charge in [0, 0.05) is 23.2 Å². The number of phenols is 2. The number of ether oxygens (including phenoxy) is 1. The van der Waals surface area contributed by atoms with Gasteiger partial charge in [0.15, 0.2) is 6.10 Å². The molecule has 5 heteroatoms. The first-order chi connectivity index (χ1) is 16.5. The number of aromatic hydroxyl groups is 2. The molecule has 34 heavy (non-hydrogen) atoms. The van der Waals surface area contributed by atoms with E-state index < -0.39 is 6.10 Å². The van der Waals surface area contributed by atoms with Gasteiger partial charge >= 0.3 is 0 Å². The summed E-state index contributed by atoms with van der Waals surface area (Å²) in [5, 5.41) is 20.1. The molecule has 1 atom stereocenters. The molecular weight excluding hydrogens is 429 g/mol. The van der Waals surface area contributed by atoms with Gasteiger partial charge in [-0.3, -0.25) is 4.90 Å². The number of benzene rings is 3. The van der Waals surface area contributed by atoms with Crippen LogP contribution in [0.3, 0.4) is 0 Å². The lowest BCUT2D eigenvalue weighted by Crippen LogP contribution is -2.18. The molecule has 0 amide bonds. The molecule has 2 aliphatic heterocycles. The SMILES string of the molecule is CC1=C(c2cccc(O)c2)C(c2ccc(/C=C\CN3CCCC3)cc2F)Oc2ccc(O)cc21. The molecule has 2 heterocycles. The predicted octanol–water partition coefficient (Wildman–Crippen LogP) is 6.41. The third kappa shape index (κ3) is 4.44. The topological polar surface area (TPSA) is 52.9 Å². The van der Waals surface area contributed by atoms with Crippen LogP contribution in [0.5, 0.6) is 17.2 Å². The van der Waals surface area contributed by atoms with Crippen molar-refractivity contribution in [3.63, 3.8) is 0 Å². The van der Waals surface area contributed by atoms with Gasteiger partial charge in [0.2, 0.25) is 0 Å². The first kappa shape index (κ1) is 22.2. The maximum Gasteiger partial charge on any atom is 0.153 e. The van der Waals surface area contributed by atoms with Gasteiger partial charge in [0.1, 0.15) is 23.1 Å². The van der Waals surface area contributed by atoms with E-state index in [0.717, 1.165) is 47.5 Å². The summed E-state index contributed by atoms with van der Waals surface area (Å²) in [6.45, 7) is 5.06. The molecule has 3 aromatic rings. The normalized spacial score (nSPS) is 18.4. The first-order valence-electron chi connectivity index (χ1n) is 11.7. The molecule has 0 aromatic heterocycles. The van der Waals surface area contributed by atoms with Gasteiger partial charge in [-0.15, -0.1) is 0 Å². The van der Waals surface area contributed by atoms with Crippen LogP contribution in [0.25, 0.3) is 17.2 Å². The Labute approximate surface area is 199 Å². The Morgan fingerprint density at radius 1 is 1.00 bits per heavy atom. The summed E-state index contributed by atoms with van der Waals surface area (Å²) >= 11 is 0. The van der Waals surface area contributed by atoms with Crippen LogP contribution in [0.15, 0.2) is 66.7 Å². The number of phenolic OH excluding ortho intramolecular Hbond substituents is 2. The molecule has 0 bridgehead atoms. The monoisotopic (exact) mass is 457 g/mol. The number of hydrogen-bond acceptors (Lipinski definition) is 4. The molecule has 3 aromatic carbocycles. The van der Waals surface area contributed by atoms with Crippen molar-refractivity contribution >= 4 is 17.2 Å². The number of nitrogens with zero attached hydrogens (tertiary/aromatic N) is 1. The Bertz CT molecular complexity index is 1270. The van der Waals surface area contributed by atoms with Crippen molar-refractivity contribution < 1.29 is 19.3 Å². The van der Waals surface area contributed by atoms with Gasteiger partial charge in [-0.25, -0.2) is 4.39 Å². The third-order valence-corrected chi connectivity index (χ3v) is 6.61. The molecular formula is C29H28FNO3. The molecule has 0 spiro atoms. The smallest absolute Gasteiger partial charge is 0.153 e. The van der Waals surface area contributed by atoms with Crippen LogP contribution < -0.4 is 4.74 Å². The lowest BCUT2D eigenvalue weighted by molar-refractivity contribution is 0.254. The third-order valence-electron chi connectivity index (χ3n) is 6.61. The predicted molar refractivity (Wildman–Crippen MR) is 133 cm³/mol. The maximum absolute atomic E-state index is 15.5. The van der Waals surface area contributed by atoms with Gasteiger partial charge in [-0.05, 0) is 86.0 Å². The van der Waals surface area contributed by atoms with E-state index in [4.69, 9.17) is 4.74 Å². The van der Waals surface area contributed by atoms with Crippen LogP contribution in [0.2, 0.25) is 0 Å². The molecule has 0 aliphatic carbocycles. The van der Waals surface area contributed by atoms with Crippen LogP contribution in [-0.4, -0.2) is 34.7 Å². The van der Waals surface area contributed by atoms with Crippen molar-refractivity contribution in [2.24, 2.45) is 0 Å². The maximum atomic E-state index is 15.5.